The van der Waals surface area contributed by atoms with E-state index in [0.717, 1.165) is 67.8 Å². The molecule has 186 valence electrons. The number of nitrogens with zero attached hydrogens (tertiary/aromatic N) is 6. The summed E-state index contributed by atoms with van der Waals surface area (Å²) in [6.45, 7) is 7.58. The summed E-state index contributed by atoms with van der Waals surface area (Å²) in [5.74, 6) is 2.30. The molecule has 0 aliphatic carbocycles. The van der Waals surface area contributed by atoms with Gasteiger partial charge in [-0.1, -0.05) is 6.07 Å². The molecule has 10 nitrogen and oxygen atoms in total. The quantitative estimate of drug-likeness (QED) is 0.465. The molecule has 2 aliphatic heterocycles. The molecule has 0 bridgehead atoms. The molecule has 3 N–H and O–H groups in total. The highest BCUT2D eigenvalue weighted by Crippen LogP contribution is 2.28. The Morgan fingerprint density at radius 1 is 1.09 bits per heavy atom. The van der Waals surface area contributed by atoms with Gasteiger partial charge in [0.25, 0.3) is 0 Å². The highest BCUT2D eigenvalue weighted by Gasteiger charge is 2.20. The summed E-state index contributed by atoms with van der Waals surface area (Å²) < 4.78 is 5.50. The smallest absolute Gasteiger partial charge is 0.229 e. The van der Waals surface area contributed by atoms with Crippen molar-refractivity contribution in [2.45, 2.75) is 32.4 Å². The second-order valence-electron chi connectivity index (χ2n) is 9.36. The monoisotopic (exact) mass is 479 g/mol. The van der Waals surface area contributed by atoms with Gasteiger partial charge in [-0.15, -0.1) is 0 Å². The summed E-state index contributed by atoms with van der Waals surface area (Å²) in [5, 5.41) is 23.5. The van der Waals surface area contributed by atoms with Gasteiger partial charge < -0.3 is 25.2 Å². The van der Waals surface area contributed by atoms with Crippen molar-refractivity contribution in [1.82, 2.24) is 24.8 Å². The van der Waals surface area contributed by atoms with Gasteiger partial charge in [-0.05, 0) is 56.5 Å². The van der Waals surface area contributed by atoms with Crippen LogP contribution in [0, 0.1) is 5.92 Å². The molecule has 1 unspecified atom stereocenters. The first kappa shape index (κ1) is 23.8. The number of likely N-dealkylation sites (tertiary alicyclic amines) is 1. The van der Waals surface area contributed by atoms with Crippen LogP contribution >= 0.6 is 0 Å². The number of morpholine rings is 1. The molecule has 0 aromatic carbocycles. The normalized spacial score (nSPS) is 18.7. The van der Waals surface area contributed by atoms with E-state index in [1.54, 1.807) is 13.1 Å². The number of aliphatic hydroxyl groups excluding tert-OH is 2. The van der Waals surface area contributed by atoms with Crippen LogP contribution in [0.1, 0.15) is 37.1 Å². The Morgan fingerprint density at radius 3 is 2.57 bits per heavy atom. The molecule has 0 saturated carbocycles. The molecule has 2 fully saturated rings. The molecule has 0 amide bonds. The van der Waals surface area contributed by atoms with Crippen LogP contribution in [0.3, 0.4) is 0 Å². The van der Waals surface area contributed by atoms with Crippen LogP contribution in [0.2, 0.25) is 0 Å². The Hall–Kier alpha value is -2.92. The fourth-order valence-electron chi connectivity index (χ4n) is 4.60. The van der Waals surface area contributed by atoms with E-state index in [0.29, 0.717) is 43.2 Å². The Labute approximate surface area is 205 Å². The van der Waals surface area contributed by atoms with Gasteiger partial charge in [0.05, 0.1) is 25.0 Å². The lowest BCUT2D eigenvalue weighted by Gasteiger charge is -2.30. The van der Waals surface area contributed by atoms with Crippen LogP contribution < -0.4 is 10.2 Å². The van der Waals surface area contributed by atoms with E-state index >= 15 is 0 Å². The molecule has 5 rings (SSSR count). The maximum atomic E-state index is 10.1. The summed E-state index contributed by atoms with van der Waals surface area (Å²) in [4.78, 5) is 23.1. The molecule has 3 aromatic rings. The van der Waals surface area contributed by atoms with E-state index in [4.69, 9.17) is 14.7 Å². The van der Waals surface area contributed by atoms with Gasteiger partial charge in [0.1, 0.15) is 11.3 Å². The standard InChI is InChI=1S/C25H33N7O3/c1-17(34)21-12-20-14-27-25(30-23(20)24(28-21)32-8-10-35-11-9-32)29-22-3-2-19(13-26-22)15-31-6-4-18(16-33)5-7-31/h2-3,12-14,17-18,33-34H,4-11,15-16H2,1H3,(H,26,27,29,30). The van der Waals surface area contributed by atoms with Crippen molar-refractivity contribution in [3.8, 4) is 0 Å². The number of pyridine rings is 2. The van der Waals surface area contributed by atoms with Crippen molar-refractivity contribution >= 4 is 28.5 Å². The van der Waals surface area contributed by atoms with Crippen molar-refractivity contribution in [3.05, 3.63) is 41.9 Å². The maximum Gasteiger partial charge on any atom is 0.229 e. The van der Waals surface area contributed by atoms with E-state index < -0.39 is 6.10 Å². The number of hydrogen-bond acceptors (Lipinski definition) is 10. The molecule has 2 saturated heterocycles. The number of rotatable bonds is 7. The largest absolute Gasteiger partial charge is 0.396 e. The predicted molar refractivity (Wildman–Crippen MR) is 134 cm³/mol. The first-order valence-electron chi connectivity index (χ1n) is 12.3. The maximum absolute atomic E-state index is 10.1. The molecular formula is C25H33N7O3. The highest BCUT2D eigenvalue weighted by molar-refractivity contribution is 5.89. The lowest BCUT2D eigenvalue weighted by molar-refractivity contribution is 0.122. The van der Waals surface area contributed by atoms with E-state index in [1.807, 2.05) is 18.3 Å². The number of hydrogen-bond donors (Lipinski definition) is 3. The Morgan fingerprint density at radius 2 is 1.89 bits per heavy atom. The average Bonchev–Trinajstić information content (AvgIpc) is 2.90. The third-order valence-electron chi connectivity index (χ3n) is 6.74. The fraction of sp³-hybridized carbons (Fsp3) is 0.520. The van der Waals surface area contributed by atoms with Gasteiger partial charge in [-0.2, -0.15) is 0 Å². The summed E-state index contributed by atoms with van der Waals surface area (Å²) in [6.07, 6.45) is 5.05. The zero-order valence-electron chi connectivity index (χ0n) is 20.1. The molecule has 2 aliphatic rings. The second-order valence-corrected chi connectivity index (χ2v) is 9.36. The average molecular weight is 480 g/mol. The van der Waals surface area contributed by atoms with Crippen LogP contribution in [0.4, 0.5) is 17.6 Å². The predicted octanol–water partition coefficient (Wildman–Crippen LogP) is 2.26. The van der Waals surface area contributed by atoms with Gasteiger partial charge >= 0.3 is 0 Å². The minimum atomic E-state index is -0.680. The second kappa shape index (κ2) is 10.8. The summed E-state index contributed by atoms with van der Waals surface area (Å²) in [5.41, 5.74) is 2.49. The van der Waals surface area contributed by atoms with Gasteiger partial charge in [0.2, 0.25) is 5.95 Å². The number of fused-ring (bicyclic) bond motifs is 1. The molecule has 0 spiro atoms. The number of aromatic nitrogens is 4. The molecule has 10 heteroatoms. The number of ether oxygens (including phenoxy) is 1. The third kappa shape index (κ3) is 5.67. The van der Waals surface area contributed by atoms with Crippen molar-refractivity contribution < 1.29 is 14.9 Å². The van der Waals surface area contributed by atoms with E-state index in [2.05, 4.69) is 31.2 Å². The summed E-state index contributed by atoms with van der Waals surface area (Å²) in [7, 11) is 0. The molecular weight excluding hydrogens is 446 g/mol. The third-order valence-corrected chi connectivity index (χ3v) is 6.74. The van der Waals surface area contributed by atoms with Crippen molar-refractivity contribution in [3.63, 3.8) is 0 Å². The van der Waals surface area contributed by atoms with Crippen LogP contribution in [0.25, 0.3) is 10.9 Å². The number of nitrogens with one attached hydrogen (secondary N) is 1. The zero-order valence-corrected chi connectivity index (χ0v) is 20.1. The molecule has 5 heterocycles. The van der Waals surface area contributed by atoms with Crippen molar-refractivity contribution in [2.24, 2.45) is 5.92 Å². The summed E-state index contributed by atoms with van der Waals surface area (Å²) in [6, 6.07) is 5.86. The lowest BCUT2D eigenvalue weighted by atomic mass is 9.98. The first-order valence-corrected chi connectivity index (χ1v) is 12.3. The topological polar surface area (TPSA) is 120 Å². The lowest BCUT2D eigenvalue weighted by Crippen LogP contribution is -2.37. The Bertz CT molecular complexity index is 1130. The zero-order chi connectivity index (χ0) is 24.2. The molecule has 0 radical (unpaired) electrons. The Balaban J connectivity index is 1.32. The minimum Gasteiger partial charge on any atom is -0.396 e. The van der Waals surface area contributed by atoms with Crippen molar-refractivity contribution in [1.29, 1.82) is 0 Å². The number of anilines is 3. The van der Waals surface area contributed by atoms with Gasteiger partial charge in [0, 0.05) is 44.0 Å². The highest BCUT2D eigenvalue weighted by atomic mass is 16.5. The van der Waals surface area contributed by atoms with Gasteiger partial charge in [-0.3, -0.25) is 4.90 Å². The first-order chi connectivity index (χ1) is 17.1. The van der Waals surface area contributed by atoms with Crippen LogP contribution in [-0.2, 0) is 11.3 Å². The number of piperidine rings is 1. The minimum absolute atomic E-state index is 0.290. The van der Waals surface area contributed by atoms with Crippen LogP contribution in [0.15, 0.2) is 30.6 Å². The van der Waals surface area contributed by atoms with E-state index in [1.165, 1.54) is 0 Å². The van der Waals surface area contributed by atoms with Gasteiger partial charge in [-0.25, -0.2) is 19.9 Å². The molecule has 35 heavy (non-hydrogen) atoms. The molecule has 1 atom stereocenters. The molecule has 3 aromatic heterocycles. The van der Waals surface area contributed by atoms with E-state index in [9.17, 15) is 10.2 Å². The van der Waals surface area contributed by atoms with Crippen LogP contribution in [0.5, 0.6) is 0 Å². The van der Waals surface area contributed by atoms with Crippen molar-refractivity contribution in [2.75, 3.05) is 56.2 Å². The van der Waals surface area contributed by atoms with Crippen LogP contribution in [-0.4, -0.2) is 81.0 Å². The van der Waals surface area contributed by atoms with Gasteiger partial charge in [0.15, 0.2) is 5.82 Å². The Kier molecular flexibility index (Phi) is 7.33. The number of aliphatic hydroxyl groups is 2. The summed E-state index contributed by atoms with van der Waals surface area (Å²) >= 11 is 0. The SMILES string of the molecule is CC(O)c1cc2cnc(Nc3ccc(CN4CCC(CO)CC4)cn3)nc2c(N2CCOCC2)n1. The van der Waals surface area contributed by atoms with E-state index in [-0.39, 0.29) is 0 Å². The fourth-order valence-corrected chi connectivity index (χ4v) is 4.60.